The van der Waals surface area contributed by atoms with Crippen molar-refractivity contribution in [3.8, 4) is 0 Å². The Bertz CT molecular complexity index is 147. The summed E-state index contributed by atoms with van der Waals surface area (Å²) in [7, 11) is 0. The molecule has 0 radical (unpaired) electrons. The van der Waals surface area contributed by atoms with Gasteiger partial charge in [0, 0.05) is 0 Å². The summed E-state index contributed by atoms with van der Waals surface area (Å²) in [4.78, 5) is 0. The van der Waals surface area contributed by atoms with Crippen LogP contribution < -0.4 is 0 Å². The second kappa shape index (κ2) is 4.59. The zero-order valence-electron chi connectivity index (χ0n) is 7.20. The van der Waals surface area contributed by atoms with Crippen LogP contribution in [0.2, 0.25) is 0 Å². The molecule has 1 heterocycles. The van der Waals surface area contributed by atoms with Crippen molar-refractivity contribution >= 4 is 11.8 Å². The van der Waals surface area contributed by atoms with Crippen LogP contribution in [-0.4, -0.2) is 63.1 Å². The fourth-order valence-electron chi connectivity index (χ4n) is 1.26. The Kier molecular flexibility index (Phi) is 3.96. The largest absolute Gasteiger partial charge is 0.394 e. The van der Waals surface area contributed by atoms with E-state index < -0.39 is 29.9 Å². The maximum Gasteiger partial charge on any atom is 0.132 e. The van der Waals surface area contributed by atoms with Crippen molar-refractivity contribution in [1.82, 2.24) is 0 Å². The molecule has 0 aromatic rings. The van der Waals surface area contributed by atoms with Gasteiger partial charge in [-0.05, 0) is 6.26 Å². The summed E-state index contributed by atoms with van der Waals surface area (Å²) in [5.74, 6) is 0. The first-order valence-corrected chi connectivity index (χ1v) is 5.24. The highest BCUT2D eigenvalue weighted by atomic mass is 32.2. The number of hydrogen-bond acceptors (Lipinski definition) is 6. The average Bonchev–Trinajstić information content (AvgIpc) is 2.15. The highest BCUT2D eigenvalue weighted by Gasteiger charge is 2.42. The molecule has 1 aliphatic heterocycles. The summed E-state index contributed by atoms with van der Waals surface area (Å²) in [6, 6.07) is 0. The number of aliphatic hydroxyl groups excluding tert-OH is 4. The molecule has 1 aliphatic rings. The van der Waals surface area contributed by atoms with Gasteiger partial charge in [0.1, 0.15) is 29.9 Å². The molecule has 0 saturated carbocycles. The molecule has 5 nitrogen and oxygen atoms in total. The van der Waals surface area contributed by atoms with Crippen LogP contribution in [0.15, 0.2) is 0 Å². The molecule has 6 heteroatoms. The minimum absolute atomic E-state index is 0.373. The SMILES string of the molecule is CSC1OC(CO)[C@@H](O)C(O)C1O. The lowest BCUT2D eigenvalue weighted by molar-refractivity contribution is -0.205. The summed E-state index contributed by atoms with van der Waals surface area (Å²) in [5.41, 5.74) is -0.601. The van der Waals surface area contributed by atoms with Crippen molar-refractivity contribution in [2.45, 2.75) is 29.9 Å². The first-order chi connectivity index (χ1) is 6.11. The van der Waals surface area contributed by atoms with Crippen molar-refractivity contribution in [1.29, 1.82) is 0 Å². The first kappa shape index (κ1) is 11.2. The van der Waals surface area contributed by atoms with Crippen molar-refractivity contribution in [2.75, 3.05) is 12.9 Å². The van der Waals surface area contributed by atoms with Crippen LogP contribution in [0.1, 0.15) is 0 Å². The van der Waals surface area contributed by atoms with Crippen LogP contribution >= 0.6 is 11.8 Å². The predicted molar refractivity (Wildman–Crippen MR) is 47.3 cm³/mol. The topological polar surface area (TPSA) is 90.2 Å². The Balaban J connectivity index is 2.66. The molecule has 78 valence electrons. The molecule has 0 aliphatic carbocycles. The van der Waals surface area contributed by atoms with Crippen molar-refractivity contribution < 1.29 is 25.2 Å². The van der Waals surface area contributed by atoms with Crippen molar-refractivity contribution in [3.05, 3.63) is 0 Å². The Labute approximate surface area is 80.3 Å². The van der Waals surface area contributed by atoms with E-state index in [9.17, 15) is 15.3 Å². The van der Waals surface area contributed by atoms with Gasteiger partial charge in [-0.3, -0.25) is 0 Å². The minimum atomic E-state index is -1.26. The van der Waals surface area contributed by atoms with E-state index in [0.29, 0.717) is 0 Å². The number of thioether (sulfide) groups is 1. The Morgan fingerprint density at radius 1 is 1.15 bits per heavy atom. The predicted octanol–water partition coefficient (Wildman–Crippen LogP) is -1.85. The molecule has 0 aromatic heterocycles. The summed E-state index contributed by atoms with van der Waals surface area (Å²) >= 11 is 1.22. The molecular formula is C7H14O5S. The highest BCUT2D eigenvalue weighted by Crippen LogP contribution is 2.26. The fraction of sp³-hybridized carbons (Fsp3) is 1.00. The third kappa shape index (κ3) is 2.15. The summed E-state index contributed by atoms with van der Waals surface area (Å²) < 4.78 is 5.13. The summed E-state index contributed by atoms with van der Waals surface area (Å²) in [6.45, 7) is -0.373. The number of aliphatic hydroxyl groups is 4. The smallest absolute Gasteiger partial charge is 0.132 e. The molecule has 4 unspecified atom stereocenters. The molecule has 4 N–H and O–H groups in total. The van der Waals surface area contributed by atoms with Crippen LogP contribution in [0.4, 0.5) is 0 Å². The Hall–Kier alpha value is 0.150. The molecule has 1 rings (SSSR count). The van der Waals surface area contributed by atoms with Gasteiger partial charge in [0.25, 0.3) is 0 Å². The molecule has 0 spiro atoms. The van der Waals surface area contributed by atoms with E-state index >= 15 is 0 Å². The average molecular weight is 210 g/mol. The van der Waals surface area contributed by atoms with E-state index in [4.69, 9.17) is 9.84 Å². The van der Waals surface area contributed by atoms with Gasteiger partial charge >= 0.3 is 0 Å². The normalized spacial score (nSPS) is 46.4. The Morgan fingerprint density at radius 3 is 2.23 bits per heavy atom. The Morgan fingerprint density at radius 2 is 1.77 bits per heavy atom. The van der Waals surface area contributed by atoms with Crippen LogP contribution in [0, 0.1) is 0 Å². The monoisotopic (exact) mass is 210 g/mol. The van der Waals surface area contributed by atoms with E-state index in [-0.39, 0.29) is 6.61 Å². The minimum Gasteiger partial charge on any atom is -0.394 e. The van der Waals surface area contributed by atoms with Gasteiger partial charge in [-0.2, -0.15) is 0 Å². The van der Waals surface area contributed by atoms with Crippen LogP contribution in [-0.2, 0) is 4.74 Å². The maximum absolute atomic E-state index is 9.38. The maximum atomic E-state index is 9.38. The third-order valence-corrected chi connectivity index (χ3v) is 2.94. The van der Waals surface area contributed by atoms with Crippen LogP contribution in [0.3, 0.4) is 0 Å². The van der Waals surface area contributed by atoms with E-state index in [0.717, 1.165) is 0 Å². The lowest BCUT2D eigenvalue weighted by Gasteiger charge is -2.39. The van der Waals surface area contributed by atoms with E-state index in [2.05, 4.69) is 0 Å². The van der Waals surface area contributed by atoms with Crippen LogP contribution in [0.5, 0.6) is 0 Å². The van der Waals surface area contributed by atoms with Gasteiger partial charge in [0.05, 0.1) is 6.61 Å². The molecule has 1 fully saturated rings. The standard InChI is InChI=1S/C7H14O5S/c1-13-7-6(11)5(10)4(9)3(2-8)12-7/h3-11H,2H2,1H3/t3?,4-,5?,6?,7?/m1/s1. The fourth-order valence-corrected chi connectivity index (χ4v) is 1.96. The summed E-state index contributed by atoms with van der Waals surface area (Å²) in [6.07, 6.45) is -2.72. The third-order valence-electron chi connectivity index (χ3n) is 2.08. The van der Waals surface area contributed by atoms with Gasteiger partial charge in [-0.15, -0.1) is 11.8 Å². The molecule has 0 bridgehead atoms. The number of ether oxygens (including phenoxy) is 1. The molecule has 0 amide bonds. The van der Waals surface area contributed by atoms with Gasteiger partial charge in [0.15, 0.2) is 0 Å². The second-order valence-electron chi connectivity index (χ2n) is 2.93. The molecule has 0 aromatic carbocycles. The van der Waals surface area contributed by atoms with E-state index in [1.807, 2.05) is 0 Å². The van der Waals surface area contributed by atoms with Gasteiger partial charge in [-0.1, -0.05) is 0 Å². The van der Waals surface area contributed by atoms with Gasteiger partial charge in [0.2, 0.25) is 0 Å². The molecule has 5 atom stereocenters. The highest BCUT2D eigenvalue weighted by molar-refractivity contribution is 7.99. The lowest BCUT2D eigenvalue weighted by Crippen LogP contribution is -2.57. The summed E-state index contributed by atoms with van der Waals surface area (Å²) in [5, 5.41) is 36.8. The first-order valence-electron chi connectivity index (χ1n) is 3.95. The van der Waals surface area contributed by atoms with E-state index in [1.165, 1.54) is 11.8 Å². The molecule has 13 heavy (non-hydrogen) atoms. The molecular weight excluding hydrogens is 196 g/mol. The zero-order valence-corrected chi connectivity index (χ0v) is 8.02. The van der Waals surface area contributed by atoms with Crippen molar-refractivity contribution in [2.24, 2.45) is 0 Å². The quantitative estimate of drug-likeness (QED) is 0.428. The van der Waals surface area contributed by atoms with Crippen molar-refractivity contribution in [3.63, 3.8) is 0 Å². The van der Waals surface area contributed by atoms with Gasteiger partial charge < -0.3 is 25.2 Å². The number of rotatable bonds is 2. The second-order valence-corrected chi connectivity index (χ2v) is 3.87. The van der Waals surface area contributed by atoms with Gasteiger partial charge in [-0.25, -0.2) is 0 Å². The number of hydrogen-bond donors (Lipinski definition) is 4. The lowest BCUT2D eigenvalue weighted by atomic mass is 10.0. The van der Waals surface area contributed by atoms with Crippen LogP contribution in [0.25, 0.3) is 0 Å². The van der Waals surface area contributed by atoms with E-state index in [1.54, 1.807) is 6.26 Å². The zero-order chi connectivity index (χ0) is 10.0. The molecule has 1 saturated heterocycles.